The average molecular weight is 245 g/mol. The summed E-state index contributed by atoms with van der Waals surface area (Å²) in [6.07, 6.45) is 1.71. The predicted molar refractivity (Wildman–Crippen MR) is 62.3 cm³/mol. The zero-order valence-electron chi connectivity index (χ0n) is 9.89. The van der Waals surface area contributed by atoms with Crippen molar-refractivity contribution >= 4 is 10.0 Å². The number of piperidine rings is 1. The quantitative estimate of drug-likeness (QED) is 0.712. The smallest absolute Gasteiger partial charge is 0.227 e. The third-order valence-corrected chi connectivity index (χ3v) is 4.87. The lowest BCUT2D eigenvalue weighted by atomic mass is 10.1. The highest BCUT2D eigenvalue weighted by Crippen LogP contribution is 2.17. The van der Waals surface area contributed by atoms with Crippen molar-refractivity contribution in [3.05, 3.63) is 0 Å². The number of likely N-dealkylation sites (tertiary alicyclic amines) is 1. The number of nitrogens with zero attached hydrogens (tertiary/aromatic N) is 3. The first-order valence-corrected chi connectivity index (χ1v) is 7.17. The minimum atomic E-state index is -3.38. The maximum absolute atomic E-state index is 11.7. The van der Waals surface area contributed by atoms with E-state index >= 15 is 0 Å². The van der Waals surface area contributed by atoms with Gasteiger partial charge in [0.05, 0.1) is 6.07 Å². The molecule has 92 valence electrons. The molecule has 16 heavy (non-hydrogen) atoms. The molecule has 6 heteroatoms. The summed E-state index contributed by atoms with van der Waals surface area (Å²) in [5.74, 6) is -0.419. The molecule has 0 N–H and O–H groups in total. The second-order valence-electron chi connectivity index (χ2n) is 4.10. The van der Waals surface area contributed by atoms with Crippen LogP contribution in [0.25, 0.3) is 0 Å². The number of hydrogen-bond donors (Lipinski definition) is 0. The normalized spacial score (nSPS) is 19.9. The van der Waals surface area contributed by atoms with Gasteiger partial charge in [-0.15, -0.1) is 0 Å². The van der Waals surface area contributed by atoms with Gasteiger partial charge in [-0.3, -0.25) is 0 Å². The first-order valence-electron chi connectivity index (χ1n) is 5.56. The molecule has 1 heterocycles. The fraction of sp³-hybridized carbons (Fsp3) is 0.900. The molecule has 0 aromatic heterocycles. The first kappa shape index (κ1) is 13.4. The zero-order valence-corrected chi connectivity index (χ0v) is 10.7. The Balaban J connectivity index is 2.57. The van der Waals surface area contributed by atoms with Crippen LogP contribution < -0.4 is 0 Å². The lowest BCUT2D eigenvalue weighted by Gasteiger charge is -2.35. The van der Waals surface area contributed by atoms with Gasteiger partial charge in [0.15, 0.2) is 5.75 Å². The third kappa shape index (κ3) is 3.17. The SMILES string of the molecule is CCN1CCC(N(C)S(=O)(=O)CC#N)CC1. The summed E-state index contributed by atoms with van der Waals surface area (Å²) in [5.41, 5.74) is 0. The van der Waals surface area contributed by atoms with Gasteiger partial charge in [-0.05, 0) is 32.5 Å². The molecule has 1 aliphatic rings. The molecular formula is C10H19N3O2S. The lowest BCUT2D eigenvalue weighted by molar-refractivity contribution is 0.176. The lowest BCUT2D eigenvalue weighted by Crippen LogP contribution is -2.45. The molecule has 0 radical (unpaired) electrons. The molecule has 5 nitrogen and oxygen atoms in total. The van der Waals surface area contributed by atoms with Crippen LogP contribution in [0.15, 0.2) is 0 Å². The molecule has 0 aromatic rings. The number of nitriles is 1. The molecule has 1 saturated heterocycles. The van der Waals surface area contributed by atoms with Gasteiger partial charge in [-0.25, -0.2) is 12.7 Å². The molecule has 1 fully saturated rings. The Labute approximate surface area is 97.7 Å². The van der Waals surface area contributed by atoms with Crippen LogP contribution >= 0.6 is 0 Å². The molecule has 0 aliphatic carbocycles. The maximum Gasteiger partial charge on any atom is 0.227 e. The van der Waals surface area contributed by atoms with E-state index in [-0.39, 0.29) is 6.04 Å². The molecule has 1 rings (SSSR count). The van der Waals surface area contributed by atoms with Crippen molar-refractivity contribution in [2.75, 3.05) is 32.4 Å². The highest BCUT2D eigenvalue weighted by molar-refractivity contribution is 7.89. The van der Waals surface area contributed by atoms with Crippen molar-refractivity contribution in [1.29, 1.82) is 5.26 Å². The summed E-state index contributed by atoms with van der Waals surface area (Å²) in [4.78, 5) is 2.31. The number of rotatable bonds is 4. The minimum Gasteiger partial charge on any atom is -0.303 e. The van der Waals surface area contributed by atoms with Crippen LogP contribution in [0.4, 0.5) is 0 Å². The minimum absolute atomic E-state index is 0.0566. The highest BCUT2D eigenvalue weighted by atomic mass is 32.2. The van der Waals surface area contributed by atoms with Crippen LogP contribution in [0, 0.1) is 11.3 Å². The molecule has 0 bridgehead atoms. The van der Waals surface area contributed by atoms with Gasteiger partial charge < -0.3 is 4.90 Å². The van der Waals surface area contributed by atoms with Gasteiger partial charge in [0.2, 0.25) is 10.0 Å². The summed E-state index contributed by atoms with van der Waals surface area (Å²) in [6.45, 7) is 5.00. The number of sulfonamides is 1. The van der Waals surface area contributed by atoms with E-state index in [2.05, 4.69) is 11.8 Å². The summed E-state index contributed by atoms with van der Waals surface area (Å²) < 4.78 is 24.7. The van der Waals surface area contributed by atoms with E-state index in [0.29, 0.717) is 0 Å². The van der Waals surface area contributed by atoms with Crippen molar-refractivity contribution in [2.45, 2.75) is 25.8 Å². The van der Waals surface area contributed by atoms with Gasteiger partial charge in [-0.1, -0.05) is 6.92 Å². The van der Waals surface area contributed by atoms with Gasteiger partial charge in [0, 0.05) is 13.1 Å². The van der Waals surface area contributed by atoms with Gasteiger partial charge in [0.1, 0.15) is 0 Å². The molecule has 0 amide bonds. The number of hydrogen-bond acceptors (Lipinski definition) is 4. The van der Waals surface area contributed by atoms with Crippen LogP contribution in [0.1, 0.15) is 19.8 Å². The Morgan fingerprint density at radius 2 is 2.00 bits per heavy atom. The van der Waals surface area contributed by atoms with Gasteiger partial charge in [-0.2, -0.15) is 5.26 Å². The Kier molecular flexibility index (Phi) is 4.71. The highest BCUT2D eigenvalue weighted by Gasteiger charge is 2.28. The van der Waals surface area contributed by atoms with Crippen molar-refractivity contribution in [3.63, 3.8) is 0 Å². The Morgan fingerprint density at radius 1 is 1.44 bits per heavy atom. The molecule has 0 spiro atoms. The molecule has 1 aliphatic heterocycles. The summed E-state index contributed by atoms with van der Waals surface area (Å²) in [6, 6.07) is 1.76. The fourth-order valence-electron chi connectivity index (χ4n) is 2.01. The summed E-state index contributed by atoms with van der Waals surface area (Å²) in [7, 11) is -1.80. The Morgan fingerprint density at radius 3 is 2.44 bits per heavy atom. The van der Waals surface area contributed by atoms with Crippen molar-refractivity contribution < 1.29 is 8.42 Å². The molecule has 0 atom stereocenters. The van der Waals surface area contributed by atoms with E-state index in [1.807, 2.05) is 0 Å². The second-order valence-corrected chi connectivity index (χ2v) is 6.12. The third-order valence-electron chi connectivity index (χ3n) is 3.20. The fourth-order valence-corrected chi connectivity index (χ4v) is 3.04. The van der Waals surface area contributed by atoms with E-state index in [4.69, 9.17) is 5.26 Å². The van der Waals surface area contributed by atoms with Crippen molar-refractivity contribution in [3.8, 4) is 6.07 Å². The molecular weight excluding hydrogens is 226 g/mol. The van der Waals surface area contributed by atoms with E-state index in [1.165, 1.54) is 4.31 Å². The zero-order chi connectivity index (χ0) is 12.2. The Bertz CT molecular complexity index is 353. The van der Waals surface area contributed by atoms with Crippen molar-refractivity contribution in [2.24, 2.45) is 0 Å². The predicted octanol–water partition coefficient (Wildman–Crippen LogP) is 0.256. The summed E-state index contributed by atoms with van der Waals surface area (Å²) >= 11 is 0. The molecule has 0 saturated carbocycles. The Hall–Kier alpha value is -0.640. The van der Waals surface area contributed by atoms with E-state index in [0.717, 1.165) is 32.5 Å². The van der Waals surface area contributed by atoms with Gasteiger partial charge >= 0.3 is 0 Å². The van der Waals surface area contributed by atoms with Crippen LogP contribution in [0.2, 0.25) is 0 Å². The second kappa shape index (κ2) is 5.62. The first-order chi connectivity index (χ1) is 7.51. The maximum atomic E-state index is 11.7. The molecule has 0 unspecified atom stereocenters. The summed E-state index contributed by atoms with van der Waals surface area (Å²) in [5, 5.41) is 8.47. The van der Waals surface area contributed by atoms with E-state index in [9.17, 15) is 8.42 Å². The average Bonchev–Trinajstić information content (AvgIpc) is 2.28. The topological polar surface area (TPSA) is 64.4 Å². The van der Waals surface area contributed by atoms with Crippen LogP contribution in [-0.4, -0.2) is 56.1 Å². The van der Waals surface area contributed by atoms with Crippen LogP contribution in [-0.2, 0) is 10.0 Å². The molecule has 0 aromatic carbocycles. The van der Waals surface area contributed by atoms with Gasteiger partial charge in [0.25, 0.3) is 0 Å². The van der Waals surface area contributed by atoms with Crippen LogP contribution in [0.5, 0.6) is 0 Å². The largest absolute Gasteiger partial charge is 0.303 e. The van der Waals surface area contributed by atoms with E-state index in [1.54, 1.807) is 13.1 Å². The van der Waals surface area contributed by atoms with E-state index < -0.39 is 15.8 Å². The van der Waals surface area contributed by atoms with Crippen molar-refractivity contribution in [1.82, 2.24) is 9.21 Å². The van der Waals surface area contributed by atoms with Crippen LogP contribution in [0.3, 0.4) is 0 Å². The monoisotopic (exact) mass is 245 g/mol. The standard InChI is InChI=1S/C10H19N3O2S/c1-3-13-7-4-10(5-8-13)12(2)16(14,15)9-6-11/h10H,3-5,7-9H2,1-2H3.